The Morgan fingerprint density at radius 3 is 2.96 bits per heavy atom. The van der Waals surface area contributed by atoms with Gasteiger partial charge in [-0.1, -0.05) is 13.0 Å². The minimum absolute atomic E-state index is 0. The third-order valence-electron chi connectivity index (χ3n) is 4.63. The van der Waals surface area contributed by atoms with Crippen LogP contribution >= 0.6 is 46.7 Å². The first kappa shape index (κ1) is 23.5. The molecule has 3 rings (SSSR count). The number of thiazole rings is 1. The molecule has 0 saturated carbocycles. The second-order valence-corrected chi connectivity index (χ2v) is 8.77. The maximum Gasteiger partial charge on any atom is 0.191 e. The average molecular weight is 536 g/mol. The molecule has 1 aliphatic heterocycles. The number of thiophene rings is 1. The van der Waals surface area contributed by atoms with Crippen LogP contribution in [0, 0.1) is 0 Å². The van der Waals surface area contributed by atoms with Crippen LogP contribution in [-0.4, -0.2) is 55.2 Å². The fourth-order valence-electron chi connectivity index (χ4n) is 3.19. The molecule has 2 aromatic heterocycles. The van der Waals surface area contributed by atoms with Crippen LogP contribution in [-0.2, 0) is 17.7 Å². The Morgan fingerprint density at radius 1 is 1.46 bits per heavy atom. The van der Waals surface area contributed by atoms with Crippen molar-refractivity contribution in [1.82, 2.24) is 20.5 Å². The molecule has 156 valence electrons. The van der Waals surface area contributed by atoms with Crippen LogP contribution in [0.25, 0.3) is 0 Å². The molecule has 2 atom stereocenters. The number of guanidine groups is 1. The number of ether oxygens (including phenoxy) is 1. The minimum Gasteiger partial charge on any atom is -0.376 e. The molecule has 9 heteroatoms. The predicted molar refractivity (Wildman–Crippen MR) is 129 cm³/mol. The van der Waals surface area contributed by atoms with Crippen LogP contribution in [0.3, 0.4) is 0 Å². The van der Waals surface area contributed by atoms with Gasteiger partial charge in [-0.15, -0.1) is 46.7 Å². The molecule has 2 aromatic rings. The lowest BCUT2D eigenvalue weighted by Gasteiger charge is -2.37. The quantitative estimate of drug-likeness (QED) is 0.323. The molecule has 6 nitrogen and oxygen atoms in total. The van der Waals surface area contributed by atoms with Crippen molar-refractivity contribution in [2.75, 3.05) is 33.3 Å². The van der Waals surface area contributed by atoms with E-state index in [0.717, 1.165) is 43.6 Å². The van der Waals surface area contributed by atoms with Gasteiger partial charge in [-0.05, 0) is 24.8 Å². The van der Waals surface area contributed by atoms with Crippen LogP contribution in [0.5, 0.6) is 0 Å². The van der Waals surface area contributed by atoms with E-state index in [1.54, 1.807) is 11.3 Å². The van der Waals surface area contributed by atoms with Crippen LogP contribution in [0.2, 0.25) is 0 Å². The summed E-state index contributed by atoms with van der Waals surface area (Å²) in [4.78, 5) is 14.0. The molecule has 1 aliphatic rings. The third kappa shape index (κ3) is 6.65. The second-order valence-electron chi connectivity index (χ2n) is 6.59. The highest BCUT2D eigenvalue weighted by Gasteiger charge is 2.26. The van der Waals surface area contributed by atoms with E-state index in [2.05, 4.69) is 56.9 Å². The molecule has 0 bridgehead atoms. The maximum atomic E-state index is 5.72. The zero-order valence-corrected chi connectivity index (χ0v) is 20.6. The van der Waals surface area contributed by atoms with E-state index in [1.807, 2.05) is 24.6 Å². The molecule has 28 heavy (non-hydrogen) atoms. The summed E-state index contributed by atoms with van der Waals surface area (Å²) in [5.74, 6) is 0.811. The van der Waals surface area contributed by atoms with E-state index in [9.17, 15) is 0 Å². The molecule has 3 heterocycles. The molecule has 0 amide bonds. The first-order valence-electron chi connectivity index (χ1n) is 9.46. The smallest absolute Gasteiger partial charge is 0.191 e. The predicted octanol–water partition coefficient (Wildman–Crippen LogP) is 3.51. The van der Waals surface area contributed by atoms with Gasteiger partial charge in [0.1, 0.15) is 5.01 Å². The lowest BCUT2D eigenvalue weighted by molar-refractivity contribution is -0.0334. The van der Waals surface area contributed by atoms with Gasteiger partial charge in [0, 0.05) is 42.6 Å². The Labute approximate surface area is 192 Å². The highest BCUT2D eigenvalue weighted by molar-refractivity contribution is 14.0. The van der Waals surface area contributed by atoms with Gasteiger partial charge in [0.2, 0.25) is 0 Å². The summed E-state index contributed by atoms with van der Waals surface area (Å²) in [6, 6.07) is 4.66. The van der Waals surface area contributed by atoms with Crippen molar-refractivity contribution >= 4 is 52.6 Å². The Hall–Kier alpha value is -0.750. The highest BCUT2D eigenvalue weighted by Crippen LogP contribution is 2.26. The topological polar surface area (TPSA) is 61.8 Å². The van der Waals surface area contributed by atoms with Crippen LogP contribution in [0.1, 0.15) is 34.7 Å². The summed E-state index contributed by atoms with van der Waals surface area (Å²) in [5.41, 5.74) is 0. The van der Waals surface area contributed by atoms with Gasteiger partial charge in [0.05, 0.1) is 25.3 Å². The van der Waals surface area contributed by atoms with E-state index in [4.69, 9.17) is 4.74 Å². The van der Waals surface area contributed by atoms with Crippen molar-refractivity contribution < 1.29 is 4.74 Å². The molecule has 0 aromatic carbocycles. The number of aromatic nitrogens is 1. The van der Waals surface area contributed by atoms with Gasteiger partial charge in [0.15, 0.2) is 5.96 Å². The minimum atomic E-state index is 0. The summed E-state index contributed by atoms with van der Waals surface area (Å²) in [7, 11) is 1.81. The molecule has 0 spiro atoms. The van der Waals surface area contributed by atoms with E-state index in [1.165, 1.54) is 9.75 Å². The summed E-state index contributed by atoms with van der Waals surface area (Å²) in [6.07, 6.45) is 3.27. The molecule has 0 radical (unpaired) electrons. The Bertz CT molecular complexity index is 722. The summed E-state index contributed by atoms with van der Waals surface area (Å²) in [5, 5.41) is 10.1. The maximum absolute atomic E-state index is 5.72. The molecule has 2 N–H and O–H groups in total. The van der Waals surface area contributed by atoms with Crippen molar-refractivity contribution in [2.45, 2.75) is 39.0 Å². The Morgan fingerprint density at radius 2 is 2.32 bits per heavy atom. The summed E-state index contributed by atoms with van der Waals surface area (Å²) in [6.45, 7) is 8.51. The van der Waals surface area contributed by atoms with Crippen LogP contribution in [0.4, 0.5) is 0 Å². The van der Waals surface area contributed by atoms with E-state index < -0.39 is 0 Å². The standard InChI is InChI=1S/C19H29N5OS2.HI/c1-4-15-10-21-18(27-15)12-23-19(20-3)22-11-16(17-6-5-9-26-17)24-7-8-25-14(2)13-24;/h5-6,9-10,14,16H,4,7-8,11-13H2,1-3H3,(H2,20,22,23);1H. The molecule has 0 aliphatic carbocycles. The van der Waals surface area contributed by atoms with Crippen molar-refractivity contribution in [3.8, 4) is 0 Å². The Kier molecular flexibility index (Phi) is 10.1. The zero-order valence-electron chi connectivity index (χ0n) is 16.7. The largest absolute Gasteiger partial charge is 0.376 e. The number of aryl methyl sites for hydroxylation is 1. The number of hydrogen-bond acceptors (Lipinski definition) is 6. The van der Waals surface area contributed by atoms with Crippen molar-refractivity contribution in [3.05, 3.63) is 38.5 Å². The van der Waals surface area contributed by atoms with Crippen molar-refractivity contribution in [1.29, 1.82) is 0 Å². The summed E-state index contributed by atoms with van der Waals surface area (Å²) >= 11 is 3.56. The second kappa shape index (κ2) is 12.1. The first-order chi connectivity index (χ1) is 13.2. The monoisotopic (exact) mass is 535 g/mol. The third-order valence-corrected chi connectivity index (χ3v) is 6.74. The number of rotatable bonds is 7. The number of morpholine rings is 1. The number of nitrogens with zero attached hydrogens (tertiary/aromatic N) is 3. The molecular formula is C19H30IN5OS2. The molecule has 1 saturated heterocycles. The lowest BCUT2D eigenvalue weighted by atomic mass is 10.1. The van der Waals surface area contributed by atoms with Gasteiger partial charge >= 0.3 is 0 Å². The average Bonchev–Trinajstić information content (AvgIpc) is 3.36. The van der Waals surface area contributed by atoms with Gasteiger partial charge in [-0.25, -0.2) is 4.98 Å². The number of aliphatic imine (C=N–C) groups is 1. The van der Waals surface area contributed by atoms with Gasteiger partial charge in [-0.3, -0.25) is 9.89 Å². The van der Waals surface area contributed by atoms with Crippen LogP contribution < -0.4 is 10.6 Å². The SMILES string of the molecule is CCc1cnc(CNC(=NC)NCC(c2cccs2)N2CCOC(C)C2)s1.I. The molecular weight excluding hydrogens is 505 g/mol. The van der Waals surface area contributed by atoms with Gasteiger partial charge in [-0.2, -0.15) is 0 Å². The fourth-order valence-corrected chi connectivity index (χ4v) is 4.85. The first-order valence-corrected chi connectivity index (χ1v) is 11.2. The van der Waals surface area contributed by atoms with Crippen LogP contribution in [0.15, 0.2) is 28.7 Å². The molecule has 2 unspecified atom stereocenters. The molecule has 1 fully saturated rings. The van der Waals surface area contributed by atoms with Crippen molar-refractivity contribution in [2.24, 2.45) is 4.99 Å². The fraction of sp³-hybridized carbons (Fsp3) is 0.579. The van der Waals surface area contributed by atoms with E-state index in [-0.39, 0.29) is 30.1 Å². The van der Waals surface area contributed by atoms with Gasteiger partial charge in [0.25, 0.3) is 0 Å². The number of hydrogen-bond donors (Lipinski definition) is 2. The highest BCUT2D eigenvalue weighted by atomic mass is 127. The number of halogens is 1. The van der Waals surface area contributed by atoms with E-state index in [0.29, 0.717) is 12.6 Å². The van der Waals surface area contributed by atoms with E-state index >= 15 is 0 Å². The van der Waals surface area contributed by atoms with Gasteiger partial charge < -0.3 is 15.4 Å². The summed E-state index contributed by atoms with van der Waals surface area (Å²) < 4.78 is 5.72. The van der Waals surface area contributed by atoms with Crippen molar-refractivity contribution in [3.63, 3.8) is 0 Å². The zero-order chi connectivity index (χ0) is 19.1. The lowest BCUT2D eigenvalue weighted by Crippen LogP contribution is -2.47. The normalized spacial score (nSPS) is 19.1. The Balaban J connectivity index is 0.00000280. The number of nitrogens with one attached hydrogen (secondary N) is 2.